The predicted molar refractivity (Wildman–Crippen MR) is 111 cm³/mol. The molecule has 152 valence electrons. The fourth-order valence-electron chi connectivity index (χ4n) is 4.41. The van der Waals surface area contributed by atoms with Crippen molar-refractivity contribution in [2.45, 2.75) is 38.8 Å². The predicted octanol–water partition coefficient (Wildman–Crippen LogP) is 2.28. The van der Waals surface area contributed by atoms with E-state index in [-0.39, 0.29) is 0 Å². The molecule has 0 saturated carbocycles. The van der Waals surface area contributed by atoms with E-state index in [1.807, 2.05) is 6.07 Å². The topological polar surface area (TPSA) is 72.2 Å². The lowest BCUT2D eigenvalue weighted by atomic mass is 10.2. The van der Waals surface area contributed by atoms with Gasteiger partial charge in [-0.05, 0) is 31.0 Å². The summed E-state index contributed by atoms with van der Waals surface area (Å²) in [6.45, 7) is 5.97. The second-order valence-electron chi connectivity index (χ2n) is 7.84. The molecule has 8 nitrogen and oxygen atoms in total. The SMILES string of the molecule is COc1ncnc2ccc(N3CCN(Cc4nnc5n4CCCCC5)CC3)cc12. The molecule has 2 aliphatic heterocycles. The van der Waals surface area contributed by atoms with Crippen LogP contribution in [0.15, 0.2) is 24.5 Å². The Morgan fingerprint density at radius 3 is 2.72 bits per heavy atom. The van der Waals surface area contributed by atoms with Crippen LogP contribution in [0.4, 0.5) is 5.69 Å². The Morgan fingerprint density at radius 1 is 0.966 bits per heavy atom. The molecule has 1 aromatic carbocycles. The van der Waals surface area contributed by atoms with Gasteiger partial charge in [-0.2, -0.15) is 0 Å². The van der Waals surface area contributed by atoms with Crippen LogP contribution in [0.25, 0.3) is 10.9 Å². The molecular weight excluding hydrogens is 366 g/mol. The molecule has 8 heteroatoms. The van der Waals surface area contributed by atoms with E-state index < -0.39 is 0 Å². The lowest BCUT2D eigenvalue weighted by molar-refractivity contribution is 0.240. The van der Waals surface area contributed by atoms with E-state index in [9.17, 15) is 0 Å². The van der Waals surface area contributed by atoms with Gasteiger partial charge < -0.3 is 14.2 Å². The van der Waals surface area contributed by atoms with Gasteiger partial charge in [-0.1, -0.05) is 6.42 Å². The van der Waals surface area contributed by atoms with Crippen molar-refractivity contribution in [3.8, 4) is 5.88 Å². The van der Waals surface area contributed by atoms with Crippen molar-refractivity contribution in [1.82, 2.24) is 29.6 Å². The van der Waals surface area contributed by atoms with Gasteiger partial charge in [-0.3, -0.25) is 4.90 Å². The molecule has 0 bridgehead atoms. The maximum Gasteiger partial charge on any atom is 0.224 e. The number of hydrogen-bond donors (Lipinski definition) is 0. The van der Waals surface area contributed by atoms with Crippen LogP contribution in [0.2, 0.25) is 0 Å². The number of hydrogen-bond acceptors (Lipinski definition) is 7. The minimum Gasteiger partial charge on any atom is -0.480 e. The van der Waals surface area contributed by atoms with Crippen molar-refractivity contribution in [2.24, 2.45) is 0 Å². The van der Waals surface area contributed by atoms with Gasteiger partial charge in [-0.15, -0.1) is 10.2 Å². The summed E-state index contributed by atoms with van der Waals surface area (Å²) in [7, 11) is 1.65. The van der Waals surface area contributed by atoms with E-state index in [2.05, 4.69) is 46.7 Å². The van der Waals surface area contributed by atoms with Gasteiger partial charge in [0.05, 0.1) is 24.6 Å². The van der Waals surface area contributed by atoms with E-state index in [0.29, 0.717) is 5.88 Å². The lowest BCUT2D eigenvalue weighted by Gasteiger charge is -2.36. The third kappa shape index (κ3) is 3.64. The number of aryl methyl sites for hydroxylation is 1. The Balaban J connectivity index is 1.26. The van der Waals surface area contributed by atoms with Crippen molar-refractivity contribution in [3.05, 3.63) is 36.2 Å². The quantitative estimate of drug-likeness (QED) is 0.673. The van der Waals surface area contributed by atoms with Crippen LogP contribution in [0, 0.1) is 0 Å². The highest BCUT2D eigenvalue weighted by Gasteiger charge is 2.21. The Hall–Kier alpha value is -2.74. The smallest absolute Gasteiger partial charge is 0.224 e. The molecule has 0 atom stereocenters. The van der Waals surface area contributed by atoms with Crippen LogP contribution in [0.1, 0.15) is 30.9 Å². The lowest BCUT2D eigenvalue weighted by Crippen LogP contribution is -2.46. The second-order valence-corrected chi connectivity index (χ2v) is 7.84. The summed E-state index contributed by atoms with van der Waals surface area (Å²) in [4.78, 5) is 13.5. The third-order valence-electron chi connectivity index (χ3n) is 6.06. The van der Waals surface area contributed by atoms with Gasteiger partial charge in [0.15, 0.2) is 0 Å². The van der Waals surface area contributed by atoms with E-state index in [0.717, 1.165) is 62.4 Å². The van der Waals surface area contributed by atoms with Crippen LogP contribution in [0.3, 0.4) is 0 Å². The number of rotatable bonds is 4. The molecular formula is C21H27N7O. The normalized spacial score (nSPS) is 17.9. The zero-order valence-corrected chi connectivity index (χ0v) is 16.9. The molecule has 2 aromatic heterocycles. The molecule has 5 rings (SSSR count). The summed E-state index contributed by atoms with van der Waals surface area (Å²) < 4.78 is 7.76. The maximum absolute atomic E-state index is 5.41. The highest BCUT2D eigenvalue weighted by molar-refractivity contribution is 5.86. The first-order chi connectivity index (χ1) is 14.3. The van der Waals surface area contributed by atoms with E-state index >= 15 is 0 Å². The van der Waals surface area contributed by atoms with E-state index in [1.165, 1.54) is 30.8 Å². The molecule has 1 saturated heterocycles. The summed E-state index contributed by atoms with van der Waals surface area (Å²) in [5.74, 6) is 2.93. The number of fused-ring (bicyclic) bond motifs is 2. The van der Waals surface area contributed by atoms with Gasteiger partial charge in [0, 0.05) is 44.8 Å². The fraction of sp³-hybridized carbons (Fsp3) is 0.524. The summed E-state index contributed by atoms with van der Waals surface area (Å²) >= 11 is 0. The number of methoxy groups -OCH3 is 1. The van der Waals surface area contributed by atoms with E-state index in [4.69, 9.17) is 4.74 Å². The number of aromatic nitrogens is 5. The molecule has 0 spiro atoms. The minimum absolute atomic E-state index is 0.628. The van der Waals surface area contributed by atoms with Crippen LogP contribution in [-0.4, -0.2) is 62.9 Å². The van der Waals surface area contributed by atoms with Crippen LogP contribution >= 0.6 is 0 Å². The Kier molecular flexibility index (Phi) is 5.01. The van der Waals surface area contributed by atoms with Crippen molar-refractivity contribution >= 4 is 16.6 Å². The van der Waals surface area contributed by atoms with Crippen molar-refractivity contribution in [2.75, 3.05) is 38.2 Å². The molecule has 3 aromatic rings. The third-order valence-corrected chi connectivity index (χ3v) is 6.06. The zero-order chi connectivity index (χ0) is 19.6. The molecule has 1 fully saturated rings. The highest BCUT2D eigenvalue weighted by atomic mass is 16.5. The molecule has 4 heterocycles. The number of nitrogens with zero attached hydrogens (tertiary/aromatic N) is 7. The summed E-state index contributed by atoms with van der Waals surface area (Å²) in [6.07, 6.45) is 6.38. The molecule has 0 radical (unpaired) electrons. The largest absolute Gasteiger partial charge is 0.480 e. The van der Waals surface area contributed by atoms with Crippen molar-refractivity contribution in [1.29, 1.82) is 0 Å². The van der Waals surface area contributed by atoms with Gasteiger partial charge in [0.2, 0.25) is 5.88 Å². The van der Waals surface area contributed by atoms with Gasteiger partial charge in [0.1, 0.15) is 18.0 Å². The van der Waals surface area contributed by atoms with Gasteiger partial charge in [0.25, 0.3) is 0 Å². The molecule has 2 aliphatic rings. The first-order valence-corrected chi connectivity index (χ1v) is 10.5. The molecule has 0 aliphatic carbocycles. The first kappa shape index (κ1) is 18.3. The Morgan fingerprint density at radius 2 is 1.86 bits per heavy atom. The van der Waals surface area contributed by atoms with Gasteiger partial charge >= 0.3 is 0 Å². The molecule has 29 heavy (non-hydrogen) atoms. The summed E-state index contributed by atoms with van der Waals surface area (Å²) in [5.41, 5.74) is 2.10. The van der Waals surface area contributed by atoms with E-state index in [1.54, 1.807) is 13.4 Å². The average Bonchev–Trinajstić information content (AvgIpc) is 2.99. The van der Waals surface area contributed by atoms with Crippen LogP contribution in [0.5, 0.6) is 5.88 Å². The molecule has 0 N–H and O–H groups in total. The second kappa shape index (κ2) is 7.94. The Bertz CT molecular complexity index is 994. The zero-order valence-electron chi connectivity index (χ0n) is 16.9. The fourth-order valence-corrected chi connectivity index (χ4v) is 4.41. The highest BCUT2D eigenvalue weighted by Crippen LogP contribution is 2.27. The number of anilines is 1. The first-order valence-electron chi connectivity index (χ1n) is 10.5. The number of ether oxygens (including phenoxy) is 1. The summed E-state index contributed by atoms with van der Waals surface area (Å²) in [6, 6.07) is 6.33. The van der Waals surface area contributed by atoms with Crippen LogP contribution in [-0.2, 0) is 19.5 Å². The molecule has 0 amide bonds. The number of benzene rings is 1. The average molecular weight is 393 g/mol. The number of piperazine rings is 1. The standard InChI is InChI=1S/C21H27N7O/c1-29-21-17-13-16(6-7-18(17)22-15-23-21)27-11-9-26(10-12-27)14-20-25-24-19-5-3-2-4-8-28(19)20/h6-7,13,15H,2-5,8-12,14H2,1H3. The maximum atomic E-state index is 5.41. The van der Waals surface area contributed by atoms with Crippen molar-refractivity contribution < 1.29 is 4.74 Å². The monoisotopic (exact) mass is 393 g/mol. The van der Waals surface area contributed by atoms with Gasteiger partial charge in [-0.25, -0.2) is 9.97 Å². The summed E-state index contributed by atoms with van der Waals surface area (Å²) in [5, 5.41) is 9.90. The minimum atomic E-state index is 0.628. The van der Waals surface area contributed by atoms with Crippen molar-refractivity contribution in [3.63, 3.8) is 0 Å². The molecule has 0 unspecified atom stereocenters. The van der Waals surface area contributed by atoms with Crippen LogP contribution < -0.4 is 9.64 Å². The Labute approximate surface area is 170 Å².